The lowest BCUT2D eigenvalue weighted by Gasteiger charge is -2.17. The lowest BCUT2D eigenvalue weighted by Crippen LogP contribution is -2.36. The van der Waals surface area contributed by atoms with Gasteiger partial charge in [-0.25, -0.2) is 4.79 Å². The first-order valence-electron chi connectivity index (χ1n) is 11.2. The number of benzene rings is 1. The van der Waals surface area contributed by atoms with Gasteiger partial charge in [-0.2, -0.15) is 0 Å². The van der Waals surface area contributed by atoms with Gasteiger partial charge in [-0.15, -0.1) is 24.0 Å². The first-order chi connectivity index (χ1) is 15.1. The Hall–Kier alpha value is -2.30. The molecule has 8 nitrogen and oxygen atoms in total. The van der Waals surface area contributed by atoms with Crippen molar-refractivity contribution in [1.82, 2.24) is 20.7 Å². The second-order valence-corrected chi connectivity index (χ2v) is 7.84. The van der Waals surface area contributed by atoms with Crippen LogP contribution in [0.15, 0.2) is 39.8 Å². The molecule has 2 amide bonds. The number of hydrogen-bond donors (Lipinski definition) is 3. The Kier molecular flexibility index (Phi) is 10.8. The number of halogens is 1. The number of nitrogens with one attached hydrogen (secondary N) is 3. The second-order valence-electron chi connectivity index (χ2n) is 7.84. The van der Waals surface area contributed by atoms with Gasteiger partial charge in [0.15, 0.2) is 11.7 Å². The van der Waals surface area contributed by atoms with E-state index in [1.54, 1.807) is 7.05 Å². The summed E-state index contributed by atoms with van der Waals surface area (Å²) in [5.41, 5.74) is 2.87. The predicted octanol–water partition coefficient (Wildman–Crippen LogP) is 4.69. The van der Waals surface area contributed by atoms with Crippen LogP contribution in [0.4, 0.5) is 10.5 Å². The number of rotatable bonds is 8. The van der Waals surface area contributed by atoms with Crippen molar-refractivity contribution in [2.24, 2.45) is 4.99 Å². The molecule has 3 N–H and O–H groups in total. The van der Waals surface area contributed by atoms with Gasteiger partial charge in [0, 0.05) is 44.4 Å². The normalized spacial score (nSPS) is 13.8. The Labute approximate surface area is 207 Å². The number of hydrogen-bond acceptors (Lipinski definition) is 4. The molecule has 1 aromatic heterocycles. The summed E-state index contributed by atoms with van der Waals surface area (Å²) in [5.74, 6) is 1.90. The second kappa shape index (κ2) is 13.3. The monoisotopic (exact) mass is 554 g/mol. The molecule has 0 radical (unpaired) electrons. The van der Waals surface area contributed by atoms with E-state index in [2.05, 4.69) is 39.9 Å². The Morgan fingerprint density at radius 3 is 2.56 bits per heavy atom. The van der Waals surface area contributed by atoms with Crippen LogP contribution in [0.25, 0.3) is 0 Å². The molecule has 1 aliphatic rings. The zero-order chi connectivity index (χ0) is 22.1. The van der Waals surface area contributed by atoms with Gasteiger partial charge in [0.2, 0.25) is 0 Å². The number of anilines is 1. The van der Waals surface area contributed by atoms with Crippen LogP contribution in [-0.2, 0) is 13.1 Å². The molecule has 1 fully saturated rings. The van der Waals surface area contributed by atoms with Gasteiger partial charge in [-0.05, 0) is 43.4 Å². The number of likely N-dealkylation sites (tertiary alicyclic amines) is 1. The van der Waals surface area contributed by atoms with Crippen molar-refractivity contribution in [3.05, 3.63) is 47.3 Å². The third-order valence-electron chi connectivity index (χ3n) is 5.67. The summed E-state index contributed by atoms with van der Waals surface area (Å²) < 4.78 is 5.46. The van der Waals surface area contributed by atoms with E-state index in [1.807, 2.05) is 35.2 Å². The van der Waals surface area contributed by atoms with Gasteiger partial charge in [-0.1, -0.05) is 31.1 Å². The maximum Gasteiger partial charge on any atom is 0.321 e. The standard InChI is InChI=1S/C23H34N6O2.HI/c1-4-18(5-2)21-14-20(31-28-21)16-26-22(24-3)25-15-17-9-8-10-19(13-17)27-23(30)29-11-6-7-12-29;/h8-10,13-14,18H,4-7,11-12,15-16H2,1-3H3,(H,27,30)(H2,24,25,26);1H. The van der Waals surface area contributed by atoms with Gasteiger partial charge >= 0.3 is 6.03 Å². The lowest BCUT2D eigenvalue weighted by atomic mass is 9.99. The van der Waals surface area contributed by atoms with Crippen LogP contribution in [0.3, 0.4) is 0 Å². The molecule has 3 rings (SSSR count). The van der Waals surface area contributed by atoms with Crippen LogP contribution in [0.2, 0.25) is 0 Å². The minimum absolute atomic E-state index is 0. The Balaban J connectivity index is 0.00000363. The van der Waals surface area contributed by atoms with Crippen LogP contribution in [0.5, 0.6) is 0 Å². The number of carbonyl (C=O) groups excluding carboxylic acids is 1. The molecule has 2 heterocycles. The Morgan fingerprint density at radius 2 is 1.88 bits per heavy atom. The average molecular weight is 554 g/mol. The zero-order valence-electron chi connectivity index (χ0n) is 19.2. The molecule has 0 atom stereocenters. The third kappa shape index (κ3) is 7.39. The van der Waals surface area contributed by atoms with Crippen molar-refractivity contribution in [2.45, 2.75) is 58.5 Å². The van der Waals surface area contributed by atoms with E-state index in [9.17, 15) is 4.79 Å². The quantitative estimate of drug-likeness (QED) is 0.250. The third-order valence-corrected chi connectivity index (χ3v) is 5.67. The van der Waals surface area contributed by atoms with E-state index < -0.39 is 0 Å². The topological polar surface area (TPSA) is 94.8 Å². The van der Waals surface area contributed by atoms with Gasteiger partial charge in [0.25, 0.3) is 0 Å². The highest BCUT2D eigenvalue weighted by Crippen LogP contribution is 2.22. The molecule has 0 bridgehead atoms. The predicted molar refractivity (Wildman–Crippen MR) is 139 cm³/mol. The lowest BCUT2D eigenvalue weighted by molar-refractivity contribution is 0.222. The molecule has 0 spiro atoms. The minimum Gasteiger partial charge on any atom is -0.359 e. The molecular weight excluding hydrogens is 519 g/mol. The van der Waals surface area contributed by atoms with Gasteiger partial charge in [-0.3, -0.25) is 4.99 Å². The molecule has 0 aliphatic carbocycles. The number of carbonyl (C=O) groups is 1. The van der Waals surface area contributed by atoms with Crippen molar-refractivity contribution in [2.75, 3.05) is 25.5 Å². The fourth-order valence-electron chi connectivity index (χ4n) is 3.77. The van der Waals surface area contributed by atoms with Crippen LogP contribution in [-0.4, -0.2) is 42.2 Å². The van der Waals surface area contributed by atoms with E-state index in [0.29, 0.717) is 25.0 Å². The maximum absolute atomic E-state index is 12.3. The van der Waals surface area contributed by atoms with E-state index in [4.69, 9.17) is 4.52 Å². The average Bonchev–Trinajstić information content (AvgIpc) is 3.48. The number of aliphatic imine (C=N–C) groups is 1. The summed E-state index contributed by atoms with van der Waals surface area (Å²) in [6.45, 7) is 7.10. The highest BCUT2D eigenvalue weighted by atomic mass is 127. The largest absolute Gasteiger partial charge is 0.359 e. The van der Waals surface area contributed by atoms with E-state index in [0.717, 1.165) is 61.5 Å². The smallest absolute Gasteiger partial charge is 0.321 e. The molecule has 0 unspecified atom stereocenters. The van der Waals surface area contributed by atoms with E-state index in [-0.39, 0.29) is 30.0 Å². The summed E-state index contributed by atoms with van der Waals surface area (Å²) >= 11 is 0. The van der Waals surface area contributed by atoms with Crippen molar-refractivity contribution in [3.8, 4) is 0 Å². The summed E-state index contributed by atoms with van der Waals surface area (Å²) in [6.07, 6.45) is 4.26. The molecule has 9 heteroatoms. The molecule has 176 valence electrons. The van der Waals surface area contributed by atoms with Gasteiger partial charge in [0.1, 0.15) is 0 Å². The summed E-state index contributed by atoms with van der Waals surface area (Å²) in [5, 5.41) is 13.7. The van der Waals surface area contributed by atoms with Crippen molar-refractivity contribution >= 4 is 41.7 Å². The van der Waals surface area contributed by atoms with Crippen molar-refractivity contribution in [3.63, 3.8) is 0 Å². The number of guanidine groups is 1. The highest BCUT2D eigenvalue weighted by molar-refractivity contribution is 14.0. The Morgan fingerprint density at radius 1 is 1.16 bits per heavy atom. The molecule has 1 aromatic carbocycles. The molecule has 1 aliphatic heterocycles. The fourth-order valence-corrected chi connectivity index (χ4v) is 3.77. The van der Waals surface area contributed by atoms with Crippen LogP contribution >= 0.6 is 24.0 Å². The first kappa shape index (κ1) is 26.0. The molecular formula is C23H35IN6O2. The molecule has 2 aromatic rings. The molecule has 32 heavy (non-hydrogen) atoms. The number of urea groups is 1. The minimum atomic E-state index is -0.0279. The highest BCUT2D eigenvalue weighted by Gasteiger charge is 2.17. The van der Waals surface area contributed by atoms with Crippen molar-refractivity contribution < 1.29 is 9.32 Å². The van der Waals surface area contributed by atoms with Crippen LogP contribution < -0.4 is 16.0 Å². The Bertz CT molecular complexity index is 875. The molecule has 0 saturated carbocycles. The van der Waals surface area contributed by atoms with E-state index >= 15 is 0 Å². The zero-order valence-corrected chi connectivity index (χ0v) is 21.5. The number of amides is 2. The maximum atomic E-state index is 12.3. The summed E-state index contributed by atoms with van der Waals surface area (Å²) in [7, 11) is 1.73. The number of aromatic nitrogens is 1. The van der Waals surface area contributed by atoms with E-state index in [1.165, 1.54) is 0 Å². The van der Waals surface area contributed by atoms with Gasteiger partial charge in [0.05, 0.1) is 12.2 Å². The van der Waals surface area contributed by atoms with Gasteiger partial charge < -0.3 is 25.4 Å². The van der Waals surface area contributed by atoms with Crippen LogP contribution in [0.1, 0.15) is 62.5 Å². The summed E-state index contributed by atoms with van der Waals surface area (Å²) in [6, 6.07) is 9.84. The number of nitrogens with zero attached hydrogens (tertiary/aromatic N) is 3. The molecule has 1 saturated heterocycles. The van der Waals surface area contributed by atoms with Crippen LogP contribution in [0, 0.1) is 0 Å². The SMILES string of the molecule is CCC(CC)c1cc(CNC(=NC)NCc2cccc(NC(=O)N3CCCC3)c2)on1.I. The van der Waals surface area contributed by atoms with Crippen molar-refractivity contribution in [1.29, 1.82) is 0 Å². The summed E-state index contributed by atoms with van der Waals surface area (Å²) in [4.78, 5) is 18.4. The fraction of sp³-hybridized carbons (Fsp3) is 0.522. The first-order valence-corrected chi connectivity index (χ1v) is 11.2.